The van der Waals surface area contributed by atoms with Crippen LogP contribution in [0.25, 0.3) is 0 Å². The number of halogens is 3. The number of nitrogens with one attached hydrogen (secondary N) is 1. The predicted octanol–water partition coefficient (Wildman–Crippen LogP) is 2.92. The van der Waals surface area contributed by atoms with E-state index in [2.05, 4.69) is 3.53 Å². The second-order valence-electron chi connectivity index (χ2n) is 2.01. The molecule has 1 aromatic carbocycles. The molecule has 0 atom stereocenters. The Morgan fingerprint density at radius 1 is 1.55 bits per heavy atom. The third-order valence-electron chi connectivity index (χ3n) is 1.31. The maximum atomic E-state index is 12.9. The first-order valence-corrected chi connectivity index (χ1v) is 4.47. The van der Waals surface area contributed by atoms with Gasteiger partial charge in [-0.3, -0.25) is 3.53 Å². The van der Waals surface area contributed by atoms with Crippen molar-refractivity contribution in [3.05, 3.63) is 34.6 Å². The number of hydrogen-bond acceptors (Lipinski definition) is 1. The van der Waals surface area contributed by atoms with Gasteiger partial charge in [0.15, 0.2) is 0 Å². The molecule has 1 nitrogen and oxygen atoms in total. The van der Waals surface area contributed by atoms with Crippen LogP contribution in [-0.2, 0) is 6.54 Å². The van der Waals surface area contributed by atoms with Gasteiger partial charge >= 0.3 is 0 Å². The first-order valence-electron chi connectivity index (χ1n) is 3.02. The molecule has 0 aromatic heterocycles. The maximum Gasteiger partial charge on any atom is 0.129 e. The number of benzene rings is 1. The summed E-state index contributed by atoms with van der Waals surface area (Å²) in [5.74, 6) is -0.262. The van der Waals surface area contributed by atoms with Crippen LogP contribution in [0.3, 0.4) is 0 Å². The standard InChI is InChI=1S/C7H6ClFIN/c8-6-2-1-3-7(9)5(6)4-11-10/h1-3,11H,4H2. The van der Waals surface area contributed by atoms with Crippen LogP contribution in [0.4, 0.5) is 4.39 Å². The van der Waals surface area contributed by atoms with Gasteiger partial charge in [-0.15, -0.1) is 0 Å². The van der Waals surface area contributed by atoms with Gasteiger partial charge in [0.25, 0.3) is 0 Å². The van der Waals surface area contributed by atoms with E-state index in [1.54, 1.807) is 12.1 Å². The maximum absolute atomic E-state index is 12.9. The monoisotopic (exact) mass is 285 g/mol. The van der Waals surface area contributed by atoms with Crippen LogP contribution in [0.15, 0.2) is 18.2 Å². The van der Waals surface area contributed by atoms with Gasteiger partial charge < -0.3 is 0 Å². The molecule has 0 saturated heterocycles. The van der Waals surface area contributed by atoms with Crippen molar-refractivity contribution in [1.29, 1.82) is 0 Å². The Kier molecular flexibility index (Phi) is 3.54. The van der Waals surface area contributed by atoms with Crippen LogP contribution in [0, 0.1) is 5.82 Å². The van der Waals surface area contributed by atoms with Crippen LogP contribution in [0.2, 0.25) is 5.02 Å². The van der Waals surface area contributed by atoms with Crippen molar-refractivity contribution < 1.29 is 4.39 Å². The highest BCUT2D eigenvalue weighted by atomic mass is 127. The Hall–Kier alpha value is 0.130. The predicted molar refractivity (Wildman–Crippen MR) is 52.3 cm³/mol. The second kappa shape index (κ2) is 4.23. The molecule has 1 rings (SSSR count). The number of rotatable bonds is 2. The lowest BCUT2D eigenvalue weighted by atomic mass is 10.2. The van der Waals surface area contributed by atoms with Crippen LogP contribution < -0.4 is 3.53 Å². The van der Waals surface area contributed by atoms with Gasteiger partial charge in [0.05, 0.1) is 0 Å². The fourth-order valence-corrected chi connectivity index (χ4v) is 1.38. The zero-order valence-corrected chi connectivity index (χ0v) is 8.49. The van der Waals surface area contributed by atoms with E-state index in [4.69, 9.17) is 11.6 Å². The molecule has 11 heavy (non-hydrogen) atoms. The molecule has 0 radical (unpaired) electrons. The van der Waals surface area contributed by atoms with Gasteiger partial charge in [0.2, 0.25) is 0 Å². The van der Waals surface area contributed by atoms with Crippen molar-refractivity contribution in [2.24, 2.45) is 0 Å². The minimum absolute atomic E-state index is 0.262. The van der Waals surface area contributed by atoms with E-state index < -0.39 is 0 Å². The van der Waals surface area contributed by atoms with Crippen LogP contribution in [0.1, 0.15) is 5.56 Å². The van der Waals surface area contributed by atoms with Crippen molar-refractivity contribution >= 4 is 34.5 Å². The molecule has 0 unspecified atom stereocenters. The fourth-order valence-electron chi connectivity index (χ4n) is 0.768. The summed E-state index contributed by atoms with van der Waals surface area (Å²) in [6.45, 7) is 0.450. The van der Waals surface area contributed by atoms with Gasteiger partial charge in [-0.2, -0.15) is 0 Å². The van der Waals surface area contributed by atoms with Crippen molar-refractivity contribution in [2.75, 3.05) is 0 Å². The lowest BCUT2D eigenvalue weighted by Gasteiger charge is -2.02. The Balaban J connectivity index is 3.00. The molecule has 1 N–H and O–H groups in total. The Morgan fingerprint density at radius 3 is 2.82 bits per heavy atom. The van der Waals surface area contributed by atoms with Crippen molar-refractivity contribution in [3.8, 4) is 0 Å². The fraction of sp³-hybridized carbons (Fsp3) is 0.143. The van der Waals surface area contributed by atoms with Gasteiger partial charge in [0.1, 0.15) is 5.82 Å². The molecule has 1 aromatic rings. The smallest absolute Gasteiger partial charge is 0.129 e. The summed E-state index contributed by atoms with van der Waals surface area (Å²) in [7, 11) is 0. The molecule has 0 bridgehead atoms. The zero-order chi connectivity index (χ0) is 8.27. The summed E-state index contributed by atoms with van der Waals surface area (Å²) in [5.41, 5.74) is 0.517. The summed E-state index contributed by atoms with van der Waals surface area (Å²) in [6, 6.07) is 4.66. The topological polar surface area (TPSA) is 12.0 Å². The Labute approximate surface area is 83.4 Å². The lowest BCUT2D eigenvalue weighted by Crippen LogP contribution is -2.00. The van der Waals surface area contributed by atoms with E-state index in [9.17, 15) is 4.39 Å². The quantitative estimate of drug-likeness (QED) is 0.651. The molecule has 0 aliphatic rings. The van der Waals surface area contributed by atoms with Crippen LogP contribution in [0.5, 0.6) is 0 Å². The highest BCUT2D eigenvalue weighted by Crippen LogP contribution is 2.18. The SMILES string of the molecule is Fc1cccc(Cl)c1CNI. The third-order valence-corrected chi connectivity index (χ3v) is 2.04. The normalized spacial score (nSPS) is 10.1. The molecule has 4 heteroatoms. The van der Waals surface area contributed by atoms with E-state index >= 15 is 0 Å². The van der Waals surface area contributed by atoms with E-state index in [1.165, 1.54) is 6.07 Å². The first-order chi connectivity index (χ1) is 5.25. The average molecular weight is 285 g/mol. The highest BCUT2D eigenvalue weighted by Gasteiger charge is 2.04. The highest BCUT2D eigenvalue weighted by molar-refractivity contribution is 14.1. The molecule has 0 heterocycles. The van der Waals surface area contributed by atoms with Gasteiger partial charge in [-0.1, -0.05) is 17.7 Å². The molecule has 0 amide bonds. The summed E-state index contributed by atoms with van der Waals surface area (Å²) in [5, 5.41) is 0.467. The third kappa shape index (κ3) is 2.28. The molecule has 60 valence electrons. The van der Waals surface area contributed by atoms with Gasteiger partial charge in [-0.25, -0.2) is 4.39 Å². The summed E-state index contributed by atoms with van der Waals surface area (Å²) in [6.07, 6.45) is 0. The Morgan fingerprint density at radius 2 is 2.27 bits per heavy atom. The van der Waals surface area contributed by atoms with E-state index in [0.717, 1.165) is 0 Å². The lowest BCUT2D eigenvalue weighted by molar-refractivity contribution is 0.609. The largest absolute Gasteiger partial charge is 0.256 e. The minimum Gasteiger partial charge on any atom is -0.256 e. The van der Waals surface area contributed by atoms with Gasteiger partial charge in [-0.05, 0) is 12.1 Å². The van der Waals surface area contributed by atoms with Crippen molar-refractivity contribution in [1.82, 2.24) is 3.53 Å². The van der Waals surface area contributed by atoms with E-state index in [0.29, 0.717) is 17.1 Å². The van der Waals surface area contributed by atoms with Crippen LogP contribution in [-0.4, -0.2) is 0 Å². The molecule has 0 fully saturated rings. The average Bonchev–Trinajstić information content (AvgIpc) is 1.97. The molecule has 0 saturated carbocycles. The zero-order valence-electron chi connectivity index (χ0n) is 5.57. The molecule has 0 aliphatic carbocycles. The summed E-state index contributed by atoms with van der Waals surface area (Å²) >= 11 is 7.67. The summed E-state index contributed by atoms with van der Waals surface area (Å²) in [4.78, 5) is 0. The van der Waals surface area contributed by atoms with Crippen molar-refractivity contribution in [3.63, 3.8) is 0 Å². The summed E-state index contributed by atoms with van der Waals surface area (Å²) < 4.78 is 15.7. The molecular weight excluding hydrogens is 279 g/mol. The molecule has 0 aliphatic heterocycles. The van der Waals surface area contributed by atoms with Crippen molar-refractivity contribution in [2.45, 2.75) is 6.54 Å². The number of hydrogen-bond donors (Lipinski definition) is 1. The minimum atomic E-state index is -0.262. The van der Waals surface area contributed by atoms with Crippen LogP contribution >= 0.6 is 34.5 Å². The first kappa shape index (κ1) is 9.22. The molecular formula is C7H6ClFIN. The molecule has 0 spiro atoms. The second-order valence-corrected chi connectivity index (χ2v) is 3.18. The van der Waals surface area contributed by atoms with E-state index in [-0.39, 0.29) is 5.82 Å². The van der Waals surface area contributed by atoms with Gasteiger partial charge in [0, 0.05) is 40.0 Å². The Bertz CT molecular complexity index is 234. The van der Waals surface area contributed by atoms with E-state index in [1.807, 2.05) is 22.9 Å².